The van der Waals surface area contributed by atoms with E-state index in [4.69, 9.17) is 0 Å². The molecule has 0 bridgehead atoms. The Labute approximate surface area is 70.4 Å². The zero-order valence-electron chi connectivity index (χ0n) is 7.90. The third-order valence-corrected chi connectivity index (χ3v) is 4.00. The van der Waals surface area contributed by atoms with Crippen LogP contribution in [0.3, 0.4) is 0 Å². The van der Waals surface area contributed by atoms with Gasteiger partial charge < -0.3 is 0 Å². The Morgan fingerprint density at radius 3 is 2.09 bits per heavy atom. The van der Waals surface area contributed by atoms with E-state index in [0.29, 0.717) is 0 Å². The minimum Gasteiger partial charge on any atom is -0.0622 e. The monoisotopic (exact) mass is 152 g/mol. The molecule has 0 radical (unpaired) electrons. The van der Waals surface area contributed by atoms with Crippen molar-refractivity contribution in [1.82, 2.24) is 0 Å². The van der Waals surface area contributed by atoms with Crippen LogP contribution in [-0.4, -0.2) is 0 Å². The van der Waals surface area contributed by atoms with Crippen LogP contribution in [0.4, 0.5) is 0 Å². The Morgan fingerprint density at radius 1 is 1.09 bits per heavy atom. The first kappa shape index (κ1) is 7.64. The second-order valence-corrected chi connectivity index (χ2v) is 5.03. The van der Waals surface area contributed by atoms with E-state index in [0.717, 1.165) is 17.3 Å². The van der Waals surface area contributed by atoms with Gasteiger partial charge in [-0.15, -0.1) is 0 Å². The molecule has 0 aromatic carbocycles. The first-order chi connectivity index (χ1) is 5.22. The summed E-state index contributed by atoms with van der Waals surface area (Å²) < 4.78 is 0. The standard InChI is InChI=1S/C11H20/c1-9-8-10(9)11(2)6-4-3-5-7-11/h9-10H,3-8H2,1-2H3. The van der Waals surface area contributed by atoms with Crippen LogP contribution in [0.25, 0.3) is 0 Å². The molecule has 0 saturated heterocycles. The highest BCUT2D eigenvalue weighted by Gasteiger charge is 2.47. The van der Waals surface area contributed by atoms with Gasteiger partial charge in [-0.2, -0.15) is 0 Å². The van der Waals surface area contributed by atoms with E-state index in [1.165, 1.54) is 38.5 Å². The van der Waals surface area contributed by atoms with Crippen LogP contribution < -0.4 is 0 Å². The smallest absolute Gasteiger partial charge is 0.0295 e. The lowest BCUT2D eigenvalue weighted by Gasteiger charge is -2.34. The zero-order valence-corrected chi connectivity index (χ0v) is 7.90. The fourth-order valence-electron chi connectivity index (χ4n) is 3.02. The van der Waals surface area contributed by atoms with Crippen LogP contribution >= 0.6 is 0 Å². The molecule has 0 N–H and O–H groups in total. The lowest BCUT2D eigenvalue weighted by atomic mass is 9.71. The van der Waals surface area contributed by atoms with Crippen LogP contribution in [0.2, 0.25) is 0 Å². The molecule has 64 valence electrons. The van der Waals surface area contributed by atoms with E-state index in [2.05, 4.69) is 13.8 Å². The molecule has 2 unspecified atom stereocenters. The van der Waals surface area contributed by atoms with Crippen LogP contribution in [0.15, 0.2) is 0 Å². The fraction of sp³-hybridized carbons (Fsp3) is 1.00. The largest absolute Gasteiger partial charge is 0.0622 e. The van der Waals surface area contributed by atoms with E-state index in [1.54, 1.807) is 0 Å². The van der Waals surface area contributed by atoms with Gasteiger partial charge >= 0.3 is 0 Å². The van der Waals surface area contributed by atoms with Crippen LogP contribution in [0.1, 0.15) is 52.4 Å². The van der Waals surface area contributed by atoms with Crippen molar-refractivity contribution in [3.63, 3.8) is 0 Å². The Bertz CT molecular complexity index is 142. The summed E-state index contributed by atoms with van der Waals surface area (Å²) in [6, 6.07) is 0. The highest BCUT2D eigenvalue weighted by molar-refractivity contribution is 4.97. The molecule has 2 aliphatic rings. The molecule has 2 saturated carbocycles. The van der Waals surface area contributed by atoms with Gasteiger partial charge in [-0.1, -0.05) is 33.1 Å². The molecule has 2 atom stereocenters. The van der Waals surface area contributed by atoms with Gasteiger partial charge in [0.2, 0.25) is 0 Å². The molecule has 0 amide bonds. The van der Waals surface area contributed by atoms with E-state index in [1.807, 2.05) is 0 Å². The van der Waals surface area contributed by atoms with Gasteiger partial charge in [0, 0.05) is 0 Å². The van der Waals surface area contributed by atoms with E-state index < -0.39 is 0 Å². The average Bonchev–Trinajstić information content (AvgIpc) is 2.69. The van der Waals surface area contributed by atoms with Crippen molar-refractivity contribution >= 4 is 0 Å². The molecular formula is C11H20. The first-order valence-electron chi connectivity index (χ1n) is 5.22. The van der Waals surface area contributed by atoms with Gasteiger partial charge in [-0.25, -0.2) is 0 Å². The predicted molar refractivity (Wildman–Crippen MR) is 48.5 cm³/mol. The number of rotatable bonds is 1. The van der Waals surface area contributed by atoms with Gasteiger partial charge in [0.05, 0.1) is 0 Å². The summed E-state index contributed by atoms with van der Waals surface area (Å²) >= 11 is 0. The summed E-state index contributed by atoms with van der Waals surface area (Å²) in [4.78, 5) is 0. The summed E-state index contributed by atoms with van der Waals surface area (Å²) in [7, 11) is 0. The Hall–Kier alpha value is 0. The Kier molecular flexibility index (Phi) is 1.74. The van der Waals surface area contributed by atoms with E-state index in [-0.39, 0.29) is 0 Å². The third kappa shape index (κ3) is 1.32. The normalized spacial score (nSPS) is 42.0. The molecule has 0 heteroatoms. The second-order valence-electron chi connectivity index (χ2n) is 5.03. The first-order valence-corrected chi connectivity index (χ1v) is 5.22. The van der Waals surface area contributed by atoms with Gasteiger partial charge in [-0.3, -0.25) is 0 Å². The average molecular weight is 152 g/mol. The minimum atomic E-state index is 0.762. The summed E-state index contributed by atoms with van der Waals surface area (Å²) in [5.41, 5.74) is 0.762. The summed E-state index contributed by atoms with van der Waals surface area (Å²) in [6.45, 7) is 4.95. The maximum Gasteiger partial charge on any atom is -0.0295 e. The molecule has 11 heavy (non-hydrogen) atoms. The summed E-state index contributed by atoms with van der Waals surface area (Å²) in [5.74, 6) is 2.15. The highest BCUT2D eigenvalue weighted by Crippen LogP contribution is 2.56. The zero-order chi connectivity index (χ0) is 7.90. The molecule has 2 aliphatic carbocycles. The van der Waals surface area contributed by atoms with Crippen LogP contribution in [-0.2, 0) is 0 Å². The van der Waals surface area contributed by atoms with Gasteiger partial charge in [-0.05, 0) is 36.5 Å². The Balaban J connectivity index is 1.97. The Morgan fingerprint density at radius 2 is 1.64 bits per heavy atom. The van der Waals surface area contributed by atoms with Crippen molar-refractivity contribution in [2.24, 2.45) is 17.3 Å². The molecule has 0 nitrogen and oxygen atoms in total. The van der Waals surface area contributed by atoms with Crippen molar-refractivity contribution in [3.8, 4) is 0 Å². The lowest BCUT2D eigenvalue weighted by Crippen LogP contribution is -2.23. The molecular weight excluding hydrogens is 132 g/mol. The molecule has 0 aromatic rings. The van der Waals surface area contributed by atoms with Crippen molar-refractivity contribution in [2.75, 3.05) is 0 Å². The quantitative estimate of drug-likeness (QED) is 0.538. The van der Waals surface area contributed by atoms with Crippen molar-refractivity contribution in [2.45, 2.75) is 52.4 Å². The maximum absolute atomic E-state index is 2.53. The second kappa shape index (κ2) is 2.50. The third-order valence-electron chi connectivity index (χ3n) is 4.00. The molecule has 0 aliphatic heterocycles. The molecule has 0 aromatic heterocycles. The van der Waals surface area contributed by atoms with Crippen LogP contribution in [0, 0.1) is 17.3 Å². The van der Waals surface area contributed by atoms with Crippen molar-refractivity contribution < 1.29 is 0 Å². The minimum absolute atomic E-state index is 0.762. The molecule has 2 fully saturated rings. The van der Waals surface area contributed by atoms with E-state index in [9.17, 15) is 0 Å². The number of hydrogen-bond donors (Lipinski definition) is 0. The maximum atomic E-state index is 2.53. The molecule has 0 spiro atoms. The summed E-state index contributed by atoms with van der Waals surface area (Å²) in [5, 5.41) is 0. The topological polar surface area (TPSA) is 0 Å². The SMILES string of the molecule is CC1CC1C1(C)CCCCC1. The van der Waals surface area contributed by atoms with Crippen molar-refractivity contribution in [1.29, 1.82) is 0 Å². The fourth-order valence-corrected chi connectivity index (χ4v) is 3.02. The molecule has 0 heterocycles. The van der Waals surface area contributed by atoms with E-state index >= 15 is 0 Å². The van der Waals surface area contributed by atoms with Gasteiger partial charge in [0.25, 0.3) is 0 Å². The van der Waals surface area contributed by atoms with Crippen LogP contribution in [0.5, 0.6) is 0 Å². The summed E-state index contributed by atoms with van der Waals surface area (Å²) in [6.07, 6.45) is 9.05. The number of hydrogen-bond acceptors (Lipinski definition) is 0. The van der Waals surface area contributed by atoms with Crippen molar-refractivity contribution in [3.05, 3.63) is 0 Å². The lowest BCUT2D eigenvalue weighted by molar-refractivity contribution is 0.172. The predicted octanol–water partition coefficient (Wildman–Crippen LogP) is 3.61. The molecule has 2 rings (SSSR count). The van der Waals surface area contributed by atoms with Gasteiger partial charge in [0.15, 0.2) is 0 Å². The highest BCUT2D eigenvalue weighted by atomic mass is 14.5. The van der Waals surface area contributed by atoms with Gasteiger partial charge in [0.1, 0.15) is 0 Å².